The van der Waals surface area contributed by atoms with Gasteiger partial charge >= 0.3 is 0 Å². The van der Waals surface area contributed by atoms with E-state index in [4.69, 9.17) is 0 Å². The van der Waals surface area contributed by atoms with E-state index in [9.17, 15) is 0 Å². The molecule has 0 amide bonds. The van der Waals surface area contributed by atoms with Gasteiger partial charge in [-0.1, -0.05) is 18.2 Å². The van der Waals surface area contributed by atoms with E-state index in [1.165, 1.54) is 28.6 Å². The molecule has 1 nitrogen and oxygen atoms in total. The first-order chi connectivity index (χ1) is 7.45. The SMILES string of the molecule is c1ccc(SCCNC2CCSC2)cc1. The van der Waals surface area contributed by atoms with Crippen molar-refractivity contribution in [2.24, 2.45) is 0 Å². The highest BCUT2D eigenvalue weighted by atomic mass is 32.2. The van der Waals surface area contributed by atoms with Crippen LogP contribution in [0.25, 0.3) is 0 Å². The molecule has 82 valence electrons. The number of hydrogen-bond acceptors (Lipinski definition) is 3. The second kappa shape index (κ2) is 6.46. The zero-order valence-corrected chi connectivity index (χ0v) is 10.4. The summed E-state index contributed by atoms with van der Waals surface area (Å²) in [6.45, 7) is 1.13. The second-order valence-corrected chi connectivity index (χ2v) is 5.99. The fourth-order valence-corrected chi connectivity index (χ4v) is 3.64. The Labute approximate surface area is 100 Å². The van der Waals surface area contributed by atoms with Crippen LogP contribution in [0.5, 0.6) is 0 Å². The van der Waals surface area contributed by atoms with Gasteiger partial charge in [0.05, 0.1) is 0 Å². The molecule has 0 spiro atoms. The van der Waals surface area contributed by atoms with E-state index in [1.54, 1.807) is 0 Å². The highest BCUT2D eigenvalue weighted by Gasteiger charge is 2.13. The molecule has 1 unspecified atom stereocenters. The maximum absolute atomic E-state index is 3.61. The molecule has 1 aliphatic rings. The van der Waals surface area contributed by atoms with E-state index in [2.05, 4.69) is 47.4 Å². The number of benzene rings is 1. The van der Waals surface area contributed by atoms with Crippen molar-refractivity contribution in [1.82, 2.24) is 5.32 Å². The average molecular weight is 239 g/mol. The monoisotopic (exact) mass is 239 g/mol. The summed E-state index contributed by atoms with van der Waals surface area (Å²) in [7, 11) is 0. The van der Waals surface area contributed by atoms with Crippen molar-refractivity contribution >= 4 is 23.5 Å². The summed E-state index contributed by atoms with van der Waals surface area (Å²) in [6.07, 6.45) is 1.35. The summed E-state index contributed by atoms with van der Waals surface area (Å²) < 4.78 is 0. The largest absolute Gasteiger partial charge is 0.312 e. The molecule has 0 aromatic heterocycles. The Morgan fingerprint density at radius 2 is 2.20 bits per heavy atom. The molecule has 1 heterocycles. The Hall–Kier alpha value is -0.120. The summed E-state index contributed by atoms with van der Waals surface area (Å²) in [5.41, 5.74) is 0. The van der Waals surface area contributed by atoms with Gasteiger partial charge in [-0.15, -0.1) is 11.8 Å². The Kier molecular flexibility index (Phi) is 4.90. The van der Waals surface area contributed by atoms with E-state index >= 15 is 0 Å². The topological polar surface area (TPSA) is 12.0 Å². The van der Waals surface area contributed by atoms with Gasteiger partial charge in [-0.3, -0.25) is 0 Å². The lowest BCUT2D eigenvalue weighted by Crippen LogP contribution is -2.30. The standard InChI is InChI=1S/C12H17NS2/c1-2-4-12(5-3-1)15-9-7-13-11-6-8-14-10-11/h1-5,11,13H,6-10H2. The van der Waals surface area contributed by atoms with Crippen LogP contribution >= 0.6 is 23.5 Å². The molecule has 1 atom stereocenters. The first-order valence-corrected chi connectivity index (χ1v) is 7.58. The Morgan fingerprint density at radius 1 is 1.33 bits per heavy atom. The molecule has 3 heteroatoms. The molecule has 15 heavy (non-hydrogen) atoms. The third-order valence-corrected chi connectivity index (χ3v) is 4.65. The van der Waals surface area contributed by atoms with Crippen LogP contribution in [-0.4, -0.2) is 29.8 Å². The minimum atomic E-state index is 0.770. The molecule has 0 bridgehead atoms. The predicted octanol–water partition coefficient (Wildman–Crippen LogP) is 2.87. The third-order valence-electron chi connectivity index (χ3n) is 2.48. The van der Waals surface area contributed by atoms with Gasteiger partial charge in [0.1, 0.15) is 0 Å². The summed E-state index contributed by atoms with van der Waals surface area (Å²) in [5.74, 6) is 3.81. The van der Waals surface area contributed by atoms with Gasteiger partial charge in [0.25, 0.3) is 0 Å². The van der Waals surface area contributed by atoms with Crippen molar-refractivity contribution in [3.05, 3.63) is 30.3 Å². The van der Waals surface area contributed by atoms with E-state index < -0.39 is 0 Å². The molecular weight excluding hydrogens is 222 g/mol. The first kappa shape index (κ1) is 11.4. The molecule has 1 N–H and O–H groups in total. The van der Waals surface area contributed by atoms with Crippen LogP contribution in [0.4, 0.5) is 0 Å². The molecule has 1 aromatic carbocycles. The zero-order chi connectivity index (χ0) is 10.3. The molecule has 0 aliphatic carbocycles. The van der Waals surface area contributed by atoms with Crippen LogP contribution in [0.2, 0.25) is 0 Å². The number of hydrogen-bond donors (Lipinski definition) is 1. The van der Waals surface area contributed by atoms with E-state index in [-0.39, 0.29) is 0 Å². The molecule has 0 radical (unpaired) electrons. The number of nitrogens with one attached hydrogen (secondary N) is 1. The van der Waals surface area contributed by atoms with Gasteiger partial charge in [0, 0.05) is 29.0 Å². The minimum Gasteiger partial charge on any atom is -0.312 e. The molecule has 1 fully saturated rings. The maximum atomic E-state index is 3.61. The quantitative estimate of drug-likeness (QED) is 0.627. The number of thioether (sulfide) groups is 2. The van der Waals surface area contributed by atoms with Crippen LogP contribution in [0.1, 0.15) is 6.42 Å². The summed E-state index contributed by atoms with van der Waals surface area (Å²) in [6, 6.07) is 11.4. The minimum absolute atomic E-state index is 0.770. The highest BCUT2D eigenvalue weighted by Crippen LogP contribution is 2.18. The molecule has 1 aromatic rings. The van der Waals surface area contributed by atoms with Crippen molar-refractivity contribution < 1.29 is 0 Å². The molecular formula is C12H17NS2. The van der Waals surface area contributed by atoms with Crippen LogP contribution in [0.3, 0.4) is 0 Å². The summed E-state index contributed by atoms with van der Waals surface area (Å²) >= 11 is 4.00. The Morgan fingerprint density at radius 3 is 2.93 bits per heavy atom. The van der Waals surface area contributed by atoms with Crippen LogP contribution < -0.4 is 5.32 Å². The van der Waals surface area contributed by atoms with Gasteiger partial charge in [-0.05, 0) is 24.3 Å². The van der Waals surface area contributed by atoms with Gasteiger partial charge in [0.2, 0.25) is 0 Å². The van der Waals surface area contributed by atoms with Gasteiger partial charge in [-0.25, -0.2) is 0 Å². The predicted molar refractivity (Wildman–Crippen MR) is 70.9 cm³/mol. The van der Waals surface area contributed by atoms with Crippen molar-refractivity contribution in [1.29, 1.82) is 0 Å². The van der Waals surface area contributed by atoms with Gasteiger partial charge in [-0.2, -0.15) is 11.8 Å². The van der Waals surface area contributed by atoms with Crippen LogP contribution in [0.15, 0.2) is 35.2 Å². The summed E-state index contributed by atoms with van der Waals surface area (Å²) in [5, 5.41) is 3.61. The second-order valence-electron chi connectivity index (χ2n) is 3.68. The van der Waals surface area contributed by atoms with Crippen molar-refractivity contribution in [3.63, 3.8) is 0 Å². The lowest BCUT2D eigenvalue weighted by atomic mass is 10.3. The molecule has 2 rings (SSSR count). The lowest BCUT2D eigenvalue weighted by Gasteiger charge is -2.10. The maximum Gasteiger partial charge on any atom is 0.0166 e. The van der Waals surface area contributed by atoms with Crippen molar-refractivity contribution in [2.45, 2.75) is 17.4 Å². The molecule has 1 saturated heterocycles. The van der Waals surface area contributed by atoms with Crippen molar-refractivity contribution in [3.8, 4) is 0 Å². The lowest BCUT2D eigenvalue weighted by molar-refractivity contribution is 0.581. The summed E-state index contributed by atoms with van der Waals surface area (Å²) in [4.78, 5) is 1.38. The first-order valence-electron chi connectivity index (χ1n) is 5.44. The van der Waals surface area contributed by atoms with E-state index in [0.29, 0.717) is 0 Å². The van der Waals surface area contributed by atoms with Crippen molar-refractivity contribution in [2.75, 3.05) is 23.8 Å². The van der Waals surface area contributed by atoms with E-state index in [0.717, 1.165) is 12.6 Å². The molecule has 0 saturated carbocycles. The third kappa shape index (κ3) is 4.09. The fourth-order valence-electron chi connectivity index (χ4n) is 1.64. The Bertz CT molecular complexity index is 270. The number of rotatable bonds is 5. The van der Waals surface area contributed by atoms with Gasteiger partial charge < -0.3 is 5.32 Å². The average Bonchev–Trinajstić information content (AvgIpc) is 2.79. The van der Waals surface area contributed by atoms with Gasteiger partial charge in [0.15, 0.2) is 0 Å². The Balaban J connectivity index is 1.59. The zero-order valence-electron chi connectivity index (χ0n) is 8.82. The molecule has 1 aliphatic heterocycles. The fraction of sp³-hybridized carbons (Fsp3) is 0.500. The smallest absolute Gasteiger partial charge is 0.0166 e. The van der Waals surface area contributed by atoms with Crippen LogP contribution in [0, 0.1) is 0 Å². The highest BCUT2D eigenvalue weighted by molar-refractivity contribution is 7.99. The van der Waals surface area contributed by atoms with Crippen LogP contribution in [-0.2, 0) is 0 Å². The normalized spacial score (nSPS) is 20.7. The van der Waals surface area contributed by atoms with E-state index in [1.807, 2.05) is 11.8 Å².